The fourth-order valence-corrected chi connectivity index (χ4v) is 1.91. The van der Waals surface area contributed by atoms with E-state index < -0.39 is 10.0 Å². The van der Waals surface area contributed by atoms with Crippen LogP contribution in [0.2, 0.25) is 0 Å². The first-order valence-corrected chi connectivity index (χ1v) is 6.70. The van der Waals surface area contributed by atoms with Crippen LogP contribution in [0.3, 0.4) is 0 Å². The fourth-order valence-electron chi connectivity index (χ4n) is 1.34. The second-order valence-corrected chi connectivity index (χ2v) is 5.20. The Morgan fingerprint density at radius 1 is 1.44 bits per heavy atom. The molecule has 0 fully saturated rings. The molecular weight excluding hydrogens is 228 g/mol. The third kappa shape index (κ3) is 3.71. The summed E-state index contributed by atoms with van der Waals surface area (Å²) in [5.41, 5.74) is 6.89. The van der Waals surface area contributed by atoms with E-state index in [9.17, 15) is 8.42 Å². The van der Waals surface area contributed by atoms with Crippen LogP contribution in [0.1, 0.15) is 5.56 Å². The number of hydrogen-bond acceptors (Lipinski definition) is 4. The van der Waals surface area contributed by atoms with Gasteiger partial charge in [-0.1, -0.05) is 6.07 Å². The van der Waals surface area contributed by atoms with E-state index in [-0.39, 0.29) is 0 Å². The summed E-state index contributed by atoms with van der Waals surface area (Å²) in [6.07, 6.45) is 1.83. The number of hydrogen-bond donors (Lipinski definition) is 2. The van der Waals surface area contributed by atoms with Crippen molar-refractivity contribution >= 4 is 15.7 Å². The molecular formula is C10H16N2O3S. The van der Waals surface area contributed by atoms with Gasteiger partial charge in [-0.2, -0.15) is 0 Å². The second-order valence-electron chi connectivity index (χ2n) is 3.45. The molecule has 0 aromatic heterocycles. The largest absolute Gasteiger partial charge is 0.495 e. The Morgan fingerprint density at radius 2 is 2.12 bits per heavy atom. The van der Waals surface area contributed by atoms with Gasteiger partial charge in [-0.25, -0.2) is 8.42 Å². The summed E-state index contributed by atoms with van der Waals surface area (Å²) in [5, 5.41) is 0. The number of benzene rings is 1. The molecule has 0 radical (unpaired) electrons. The predicted molar refractivity (Wildman–Crippen MR) is 64.2 cm³/mol. The fraction of sp³-hybridized carbons (Fsp3) is 0.400. The van der Waals surface area contributed by atoms with Gasteiger partial charge in [0.15, 0.2) is 0 Å². The summed E-state index contributed by atoms with van der Waals surface area (Å²) in [5.74, 6) is 0.497. The minimum Gasteiger partial charge on any atom is -0.495 e. The molecule has 0 atom stereocenters. The quantitative estimate of drug-likeness (QED) is 0.793. The molecule has 0 aliphatic carbocycles. The maximum Gasteiger partial charge on any atom is 0.229 e. The van der Waals surface area contributed by atoms with Crippen LogP contribution in [0.15, 0.2) is 18.2 Å². The number of anilines is 1. The SMILES string of the molecule is COc1cc(CCN)ccc1NS(C)(=O)=O. The Morgan fingerprint density at radius 3 is 2.62 bits per heavy atom. The molecule has 0 amide bonds. The average Bonchev–Trinajstić information content (AvgIpc) is 2.18. The van der Waals surface area contributed by atoms with E-state index in [1.54, 1.807) is 12.1 Å². The van der Waals surface area contributed by atoms with Gasteiger partial charge < -0.3 is 10.5 Å². The lowest BCUT2D eigenvalue weighted by Gasteiger charge is -2.11. The van der Waals surface area contributed by atoms with Crippen LogP contribution in [0, 0.1) is 0 Å². The maximum absolute atomic E-state index is 11.1. The number of ether oxygens (including phenoxy) is 1. The van der Waals surface area contributed by atoms with Crippen molar-refractivity contribution < 1.29 is 13.2 Å². The molecule has 0 aliphatic heterocycles. The summed E-state index contributed by atoms with van der Waals surface area (Å²) >= 11 is 0. The second kappa shape index (κ2) is 5.18. The average molecular weight is 244 g/mol. The van der Waals surface area contributed by atoms with Crippen LogP contribution >= 0.6 is 0 Å². The van der Waals surface area contributed by atoms with Crippen molar-refractivity contribution in [1.29, 1.82) is 0 Å². The zero-order valence-corrected chi connectivity index (χ0v) is 10.2. The zero-order chi connectivity index (χ0) is 12.2. The zero-order valence-electron chi connectivity index (χ0n) is 9.36. The van der Waals surface area contributed by atoms with E-state index in [1.165, 1.54) is 7.11 Å². The molecule has 0 heterocycles. The smallest absolute Gasteiger partial charge is 0.229 e. The Labute approximate surface area is 95.7 Å². The van der Waals surface area contributed by atoms with E-state index in [1.807, 2.05) is 6.07 Å². The van der Waals surface area contributed by atoms with E-state index in [4.69, 9.17) is 10.5 Å². The molecule has 0 spiro atoms. The van der Waals surface area contributed by atoms with Crippen molar-refractivity contribution in [2.75, 3.05) is 24.6 Å². The molecule has 0 unspecified atom stereocenters. The summed E-state index contributed by atoms with van der Waals surface area (Å²) in [4.78, 5) is 0. The summed E-state index contributed by atoms with van der Waals surface area (Å²) in [7, 11) is -1.79. The van der Waals surface area contributed by atoms with Crippen LogP contribution in [0.4, 0.5) is 5.69 Å². The van der Waals surface area contributed by atoms with Crippen molar-refractivity contribution in [3.8, 4) is 5.75 Å². The van der Waals surface area contributed by atoms with Crippen LogP contribution < -0.4 is 15.2 Å². The van der Waals surface area contributed by atoms with Gasteiger partial charge in [-0.15, -0.1) is 0 Å². The highest BCUT2D eigenvalue weighted by Crippen LogP contribution is 2.26. The molecule has 0 saturated carbocycles. The number of nitrogens with two attached hydrogens (primary N) is 1. The van der Waals surface area contributed by atoms with Gasteiger partial charge in [0, 0.05) is 0 Å². The summed E-state index contributed by atoms with van der Waals surface area (Å²) < 4.78 is 29.7. The molecule has 16 heavy (non-hydrogen) atoms. The number of sulfonamides is 1. The van der Waals surface area contributed by atoms with Gasteiger partial charge in [0.25, 0.3) is 0 Å². The Hall–Kier alpha value is -1.27. The van der Waals surface area contributed by atoms with Crippen LogP contribution in [0.5, 0.6) is 5.75 Å². The molecule has 1 aromatic carbocycles. The highest BCUT2D eigenvalue weighted by atomic mass is 32.2. The van der Waals surface area contributed by atoms with Crippen molar-refractivity contribution in [1.82, 2.24) is 0 Å². The molecule has 0 aliphatic rings. The lowest BCUT2D eigenvalue weighted by atomic mass is 10.1. The summed E-state index contributed by atoms with van der Waals surface area (Å²) in [6.45, 7) is 0.544. The molecule has 1 aromatic rings. The van der Waals surface area contributed by atoms with Gasteiger partial charge in [0.2, 0.25) is 10.0 Å². The number of methoxy groups -OCH3 is 1. The monoisotopic (exact) mass is 244 g/mol. The third-order valence-electron chi connectivity index (χ3n) is 1.99. The predicted octanol–water partition coefficient (Wildman–Crippen LogP) is 0.568. The highest BCUT2D eigenvalue weighted by molar-refractivity contribution is 7.92. The molecule has 5 nitrogen and oxygen atoms in total. The van der Waals surface area contributed by atoms with Crippen LogP contribution in [0.25, 0.3) is 0 Å². The van der Waals surface area contributed by atoms with Gasteiger partial charge in [0.05, 0.1) is 19.1 Å². The first-order chi connectivity index (χ1) is 7.46. The van der Waals surface area contributed by atoms with Crippen molar-refractivity contribution in [3.05, 3.63) is 23.8 Å². The van der Waals surface area contributed by atoms with Crippen molar-refractivity contribution in [2.45, 2.75) is 6.42 Å². The van der Waals surface area contributed by atoms with Crippen molar-refractivity contribution in [2.24, 2.45) is 5.73 Å². The maximum atomic E-state index is 11.1. The van der Waals surface area contributed by atoms with Crippen molar-refractivity contribution in [3.63, 3.8) is 0 Å². The first kappa shape index (κ1) is 12.8. The lowest BCUT2D eigenvalue weighted by molar-refractivity contribution is 0.416. The van der Waals surface area contributed by atoms with E-state index in [0.29, 0.717) is 18.0 Å². The standard InChI is InChI=1S/C10H16N2O3S/c1-15-10-7-8(5-6-11)3-4-9(10)12-16(2,13)14/h3-4,7,12H,5-6,11H2,1-2H3. The number of rotatable bonds is 5. The molecule has 90 valence electrons. The van der Waals surface area contributed by atoms with Gasteiger partial charge in [-0.3, -0.25) is 4.72 Å². The molecule has 3 N–H and O–H groups in total. The Balaban J connectivity index is 3.02. The summed E-state index contributed by atoms with van der Waals surface area (Å²) in [6, 6.07) is 5.27. The minimum atomic E-state index is -3.29. The van der Waals surface area contributed by atoms with Gasteiger partial charge in [-0.05, 0) is 30.7 Å². The van der Waals surface area contributed by atoms with Gasteiger partial charge in [0.1, 0.15) is 5.75 Å². The Bertz CT molecular complexity index is 457. The minimum absolute atomic E-state index is 0.436. The molecule has 6 heteroatoms. The molecule has 0 saturated heterocycles. The van der Waals surface area contributed by atoms with Crippen LogP contribution in [-0.2, 0) is 16.4 Å². The topological polar surface area (TPSA) is 81.4 Å². The normalized spacial score (nSPS) is 11.2. The Kier molecular flexibility index (Phi) is 4.14. The van der Waals surface area contributed by atoms with Gasteiger partial charge >= 0.3 is 0 Å². The van der Waals surface area contributed by atoms with E-state index in [2.05, 4.69) is 4.72 Å². The first-order valence-electron chi connectivity index (χ1n) is 4.81. The lowest BCUT2D eigenvalue weighted by Crippen LogP contribution is -2.11. The highest BCUT2D eigenvalue weighted by Gasteiger charge is 2.08. The van der Waals surface area contributed by atoms with Crippen LogP contribution in [-0.4, -0.2) is 28.3 Å². The molecule has 1 rings (SSSR count). The number of nitrogens with one attached hydrogen (secondary N) is 1. The molecule has 0 bridgehead atoms. The van der Waals surface area contributed by atoms with E-state index >= 15 is 0 Å². The van der Waals surface area contributed by atoms with E-state index in [0.717, 1.165) is 18.2 Å². The third-order valence-corrected chi connectivity index (χ3v) is 2.59.